The number of hydrogen-bond donors (Lipinski definition) is 1. The second kappa shape index (κ2) is 10.4. The second-order valence-corrected chi connectivity index (χ2v) is 10.4. The van der Waals surface area contributed by atoms with E-state index in [-0.39, 0.29) is 23.9 Å². The predicted molar refractivity (Wildman–Crippen MR) is 126 cm³/mol. The van der Waals surface area contributed by atoms with Crippen LogP contribution in [-0.2, 0) is 27.9 Å². The molecule has 0 fully saturated rings. The summed E-state index contributed by atoms with van der Waals surface area (Å²) in [7, 11) is -3.89. The van der Waals surface area contributed by atoms with Gasteiger partial charge in [-0.1, -0.05) is 69.5 Å². The molecule has 0 aromatic heterocycles. The molecule has 3 aromatic rings. The number of halogens is 2. The third-order valence-electron chi connectivity index (χ3n) is 4.65. The largest absolute Gasteiger partial charge is 0.351 e. The average Bonchev–Trinajstić information content (AvgIpc) is 2.74. The average molecular weight is 522 g/mol. The third-order valence-corrected chi connectivity index (χ3v) is 7.24. The van der Waals surface area contributed by atoms with Crippen molar-refractivity contribution in [1.29, 1.82) is 0 Å². The number of carbonyl (C=O) groups is 1. The predicted octanol–water partition coefficient (Wildman–Crippen LogP) is 4.92. The van der Waals surface area contributed by atoms with Crippen LogP contribution in [0.5, 0.6) is 0 Å². The second-order valence-electron chi connectivity index (χ2n) is 7.12. The van der Waals surface area contributed by atoms with Gasteiger partial charge in [0.1, 0.15) is 0 Å². The molecule has 0 aliphatic heterocycles. The van der Waals surface area contributed by atoms with Crippen molar-refractivity contribution in [3.05, 3.63) is 99.0 Å². The van der Waals surface area contributed by atoms with E-state index in [1.165, 1.54) is 16.4 Å². The topological polar surface area (TPSA) is 66.5 Å². The molecule has 8 heteroatoms. The lowest BCUT2D eigenvalue weighted by Crippen LogP contribution is -2.40. The molecular weight excluding hydrogens is 500 g/mol. The van der Waals surface area contributed by atoms with Gasteiger partial charge in [-0.3, -0.25) is 4.79 Å². The highest BCUT2D eigenvalue weighted by Gasteiger charge is 2.27. The normalized spacial score (nSPS) is 11.5. The van der Waals surface area contributed by atoms with E-state index in [2.05, 4.69) is 21.2 Å². The number of aryl methyl sites for hydroxylation is 1. The first-order valence-corrected chi connectivity index (χ1v) is 12.2. The summed E-state index contributed by atoms with van der Waals surface area (Å²) in [5.74, 6) is -0.379. The summed E-state index contributed by atoms with van der Waals surface area (Å²) >= 11 is 9.25. The molecule has 3 aromatic carbocycles. The van der Waals surface area contributed by atoms with Crippen LogP contribution >= 0.6 is 27.5 Å². The van der Waals surface area contributed by atoms with Crippen molar-refractivity contribution >= 4 is 43.5 Å². The molecule has 0 aliphatic carbocycles. The summed E-state index contributed by atoms with van der Waals surface area (Å²) in [4.78, 5) is 12.7. The number of benzene rings is 3. The summed E-state index contributed by atoms with van der Waals surface area (Å²) in [5.41, 5.74) is 2.81. The summed E-state index contributed by atoms with van der Waals surface area (Å²) < 4.78 is 28.5. The molecule has 1 N–H and O–H groups in total. The Morgan fingerprint density at radius 2 is 1.52 bits per heavy atom. The van der Waals surface area contributed by atoms with Gasteiger partial charge in [-0.05, 0) is 54.4 Å². The smallest absolute Gasteiger partial charge is 0.243 e. The number of nitrogens with one attached hydrogen (secondary N) is 1. The van der Waals surface area contributed by atoms with Crippen LogP contribution in [-0.4, -0.2) is 25.2 Å². The van der Waals surface area contributed by atoms with E-state index < -0.39 is 10.0 Å². The number of sulfonamides is 1. The number of rotatable bonds is 8. The Bertz CT molecular complexity index is 1130. The Labute approximate surface area is 196 Å². The molecule has 0 radical (unpaired) electrons. The number of carbonyl (C=O) groups excluding carboxylic acids is 1. The Morgan fingerprint density at radius 3 is 2.13 bits per heavy atom. The zero-order valence-electron chi connectivity index (χ0n) is 16.9. The van der Waals surface area contributed by atoms with E-state index >= 15 is 0 Å². The minimum atomic E-state index is -3.89. The van der Waals surface area contributed by atoms with Gasteiger partial charge in [-0.25, -0.2) is 8.42 Å². The maximum absolute atomic E-state index is 13.3. The van der Waals surface area contributed by atoms with Crippen LogP contribution in [0, 0.1) is 6.92 Å². The van der Waals surface area contributed by atoms with Crippen LogP contribution in [0.3, 0.4) is 0 Å². The third kappa shape index (κ3) is 6.64. The van der Waals surface area contributed by atoms with Gasteiger partial charge in [0.2, 0.25) is 15.9 Å². The Morgan fingerprint density at radius 1 is 0.935 bits per heavy atom. The standard InChI is InChI=1S/C23H22BrClN2O3S/c1-17-2-4-18(5-3-17)14-26-23(28)16-27(15-19-6-10-21(25)11-7-19)31(29,30)22-12-8-20(24)9-13-22/h2-13H,14-16H2,1H3,(H,26,28). The summed E-state index contributed by atoms with van der Waals surface area (Å²) in [6, 6.07) is 21.0. The van der Waals surface area contributed by atoms with Gasteiger partial charge in [0.05, 0.1) is 11.4 Å². The first kappa shape index (κ1) is 23.5. The van der Waals surface area contributed by atoms with Crippen LogP contribution in [0.25, 0.3) is 0 Å². The molecule has 0 heterocycles. The van der Waals surface area contributed by atoms with Gasteiger partial charge >= 0.3 is 0 Å². The Balaban J connectivity index is 1.79. The molecule has 0 bridgehead atoms. The molecule has 0 aliphatic rings. The maximum Gasteiger partial charge on any atom is 0.243 e. The fourth-order valence-electron chi connectivity index (χ4n) is 2.90. The van der Waals surface area contributed by atoms with E-state index in [4.69, 9.17) is 11.6 Å². The molecule has 162 valence electrons. The van der Waals surface area contributed by atoms with E-state index in [1.54, 1.807) is 36.4 Å². The number of nitrogens with zero attached hydrogens (tertiary/aromatic N) is 1. The van der Waals surface area contributed by atoms with Crippen LogP contribution in [0.2, 0.25) is 5.02 Å². The SMILES string of the molecule is Cc1ccc(CNC(=O)CN(Cc2ccc(Cl)cc2)S(=O)(=O)c2ccc(Br)cc2)cc1. The van der Waals surface area contributed by atoms with Crippen LogP contribution in [0.4, 0.5) is 0 Å². The fourth-order valence-corrected chi connectivity index (χ4v) is 4.67. The molecule has 0 unspecified atom stereocenters. The van der Waals surface area contributed by atoms with Gasteiger partial charge in [0.25, 0.3) is 0 Å². The van der Waals surface area contributed by atoms with E-state index in [0.717, 1.165) is 21.2 Å². The number of hydrogen-bond acceptors (Lipinski definition) is 3. The number of amides is 1. The Hall–Kier alpha value is -2.19. The van der Waals surface area contributed by atoms with E-state index in [1.807, 2.05) is 31.2 Å². The van der Waals surface area contributed by atoms with Crippen molar-refractivity contribution < 1.29 is 13.2 Å². The summed E-state index contributed by atoms with van der Waals surface area (Å²) in [5, 5.41) is 3.36. The molecule has 0 spiro atoms. The molecule has 0 atom stereocenters. The molecule has 5 nitrogen and oxygen atoms in total. The Kier molecular flexibility index (Phi) is 7.89. The lowest BCUT2D eigenvalue weighted by molar-refractivity contribution is -0.121. The highest BCUT2D eigenvalue weighted by molar-refractivity contribution is 9.10. The van der Waals surface area contributed by atoms with Gasteiger partial charge in [-0.15, -0.1) is 0 Å². The first-order chi connectivity index (χ1) is 14.7. The summed E-state index contributed by atoms with van der Waals surface area (Å²) in [6.07, 6.45) is 0. The molecule has 0 saturated carbocycles. The van der Waals surface area contributed by atoms with Gasteiger partial charge < -0.3 is 5.32 Å². The zero-order valence-corrected chi connectivity index (χ0v) is 20.0. The van der Waals surface area contributed by atoms with Crippen molar-refractivity contribution in [2.24, 2.45) is 0 Å². The highest BCUT2D eigenvalue weighted by Crippen LogP contribution is 2.21. The molecule has 0 saturated heterocycles. The van der Waals surface area contributed by atoms with Crippen molar-refractivity contribution in [2.45, 2.75) is 24.9 Å². The monoisotopic (exact) mass is 520 g/mol. The lowest BCUT2D eigenvalue weighted by Gasteiger charge is -2.22. The van der Waals surface area contributed by atoms with Crippen molar-refractivity contribution in [2.75, 3.05) is 6.54 Å². The molecule has 1 amide bonds. The first-order valence-electron chi connectivity index (χ1n) is 9.56. The van der Waals surface area contributed by atoms with E-state index in [9.17, 15) is 13.2 Å². The highest BCUT2D eigenvalue weighted by atomic mass is 79.9. The van der Waals surface area contributed by atoms with Crippen LogP contribution < -0.4 is 5.32 Å². The zero-order chi connectivity index (χ0) is 22.4. The van der Waals surface area contributed by atoms with Crippen molar-refractivity contribution in [3.8, 4) is 0 Å². The summed E-state index contributed by atoms with van der Waals surface area (Å²) in [6.45, 7) is 2.07. The van der Waals surface area contributed by atoms with Gasteiger partial charge in [0.15, 0.2) is 0 Å². The quantitative estimate of drug-likeness (QED) is 0.458. The minimum Gasteiger partial charge on any atom is -0.351 e. The van der Waals surface area contributed by atoms with E-state index in [0.29, 0.717) is 11.6 Å². The van der Waals surface area contributed by atoms with Gasteiger partial charge in [0, 0.05) is 22.6 Å². The van der Waals surface area contributed by atoms with Crippen LogP contribution in [0.15, 0.2) is 82.2 Å². The fraction of sp³-hybridized carbons (Fsp3) is 0.174. The van der Waals surface area contributed by atoms with Crippen molar-refractivity contribution in [1.82, 2.24) is 9.62 Å². The van der Waals surface area contributed by atoms with Crippen molar-refractivity contribution in [3.63, 3.8) is 0 Å². The molecular formula is C23H22BrClN2O3S. The molecule has 31 heavy (non-hydrogen) atoms. The van der Waals surface area contributed by atoms with Gasteiger partial charge in [-0.2, -0.15) is 4.31 Å². The maximum atomic E-state index is 13.3. The molecule has 3 rings (SSSR count). The van der Waals surface area contributed by atoms with Crippen LogP contribution in [0.1, 0.15) is 16.7 Å². The lowest BCUT2D eigenvalue weighted by atomic mass is 10.1. The minimum absolute atomic E-state index is 0.0491.